The van der Waals surface area contributed by atoms with Gasteiger partial charge in [0.05, 0.1) is 17.6 Å². The molecule has 6 heteroatoms. The van der Waals surface area contributed by atoms with E-state index in [4.69, 9.17) is 9.72 Å². The maximum atomic E-state index is 13.0. The second-order valence-electron chi connectivity index (χ2n) is 9.55. The summed E-state index contributed by atoms with van der Waals surface area (Å²) in [6, 6.07) is 21.9. The van der Waals surface area contributed by atoms with E-state index in [-0.39, 0.29) is 18.4 Å². The maximum absolute atomic E-state index is 13.0. The van der Waals surface area contributed by atoms with Gasteiger partial charge in [-0.25, -0.2) is 4.98 Å². The molecule has 0 aliphatic carbocycles. The lowest BCUT2D eigenvalue weighted by molar-refractivity contribution is -0.117. The first-order valence-corrected chi connectivity index (χ1v) is 12.1. The predicted molar refractivity (Wildman–Crippen MR) is 138 cm³/mol. The molecule has 2 atom stereocenters. The van der Waals surface area contributed by atoms with Crippen LogP contribution in [0.1, 0.15) is 34.9 Å². The Kier molecular flexibility index (Phi) is 6.31. The Labute approximate surface area is 205 Å². The number of amides is 1. The van der Waals surface area contributed by atoms with Crippen LogP contribution in [0.25, 0.3) is 11.0 Å². The molecule has 0 spiro atoms. The summed E-state index contributed by atoms with van der Waals surface area (Å²) in [4.78, 5) is 19.8. The summed E-state index contributed by atoms with van der Waals surface area (Å²) in [5, 5.41) is 10.9. The van der Waals surface area contributed by atoms with Gasteiger partial charge in [-0.2, -0.15) is 0 Å². The smallest absolute Gasteiger partial charge is 0.227 e. The molecule has 1 N–H and O–H groups in total. The average Bonchev–Trinajstić information content (AvgIpc) is 3.38. The first-order valence-electron chi connectivity index (χ1n) is 12.1. The standard InChI is InChI=1S/C29H31N3O3/c1-19-12-20(2)14-24(13-19)35-18-23(33)17-32-27-11-7-5-9-25(27)30-29(32)22-15-28(34)31(16-22)26-10-6-4-8-21(26)3/h4-14,22-23,33H,15-18H2,1-3H3/t22-,23-/m0/s1. The Morgan fingerprint density at radius 1 is 1.03 bits per heavy atom. The number of aliphatic hydroxyl groups is 1. The van der Waals surface area contributed by atoms with Gasteiger partial charge >= 0.3 is 0 Å². The summed E-state index contributed by atoms with van der Waals surface area (Å²) in [5.74, 6) is 1.64. The highest BCUT2D eigenvalue weighted by molar-refractivity contribution is 5.97. The minimum atomic E-state index is -0.725. The van der Waals surface area contributed by atoms with Crippen LogP contribution in [-0.2, 0) is 11.3 Å². The number of rotatable bonds is 7. The van der Waals surface area contributed by atoms with Gasteiger partial charge < -0.3 is 19.3 Å². The summed E-state index contributed by atoms with van der Waals surface area (Å²) in [6.45, 7) is 7.18. The van der Waals surface area contributed by atoms with Crippen LogP contribution in [-0.4, -0.2) is 39.8 Å². The van der Waals surface area contributed by atoms with Gasteiger partial charge in [0.15, 0.2) is 0 Å². The van der Waals surface area contributed by atoms with Gasteiger partial charge in [0.25, 0.3) is 0 Å². The van der Waals surface area contributed by atoms with Crippen LogP contribution in [0.2, 0.25) is 0 Å². The second-order valence-corrected chi connectivity index (χ2v) is 9.55. The highest BCUT2D eigenvalue weighted by atomic mass is 16.5. The van der Waals surface area contributed by atoms with Gasteiger partial charge in [-0.05, 0) is 67.8 Å². The van der Waals surface area contributed by atoms with Gasteiger partial charge in [0.2, 0.25) is 5.91 Å². The Balaban J connectivity index is 1.39. The van der Waals surface area contributed by atoms with Crippen molar-refractivity contribution in [1.82, 2.24) is 9.55 Å². The van der Waals surface area contributed by atoms with E-state index in [0.717, 1.165) is 45.0 Å². The number of aromatic nitrogens is 2. The van der Waals surface area contributed by atoms with Crippen LogP contribution in [0.15, 0.2) is 66.7 Å². The highest BCUT2D eigenvalue weighted by Gasteiger charge is 2.35. The van der Waals surface area contributed by atoms with Crippen molar-refractivity contribution in [3.05, 3.63) is 89.2 Å². The van der Waals surface area contributed by atoms with Gasteiger partial charge in [0.1, 0.15) is 24.3 Å². The summed E-state index contributed by atoms with van der Waals surface area (Å²) in [6.07, 6.45) is -0.330. The van der Waals surface area contributed by atoms with E-state index >= 15 is 0 Å². The van der Waals surface area contributed by atoms with Gasteiger partial charge in [-0.1, -0.05) is 36.4 Å². The number of anilines is 1. The van der Waals surface area contributed by atoms with E-state index < -0.39 is 6.10 Å². The SMILES string of the molecule is Cc1cc(C)cc(OC[C@@H](O)Cn2c([C@H]3CC(=O)N(c4ccccc4C)C3)nc3ccccc32)c1. The quantitative estimate of drug-likeness (QED) is 0.417. The molecule has 1 fully saturated rings. The topological polar surface area (TPSA) is 67.6 Å². The van der Waals surface area contributed by atoms with Crippen molar-refractivity contribution in [1.29, 1.82) is 0 Å². The predicted octanol–water partition coefficient (Wildman–Crippen LogP) is 4.92. The minimum absolute atomic E-state index is 0.0537. The van der Waals surface area contributed by atoms with Crippen LogP contribution in [0.5, 0.6) is 5.75 Å². The van der Waals surface area contributed by atoms with Crippen molar-refractivity contribution in [2.24, 2.45) is 0 Å². The maximum Gasteiger partial charge on any atom is 0.227 e. The molecule has 180 valence electrons. The van der Waals surface area contributed by atoms with Gasteiger partial charge in [0, 0.05) is 24.6 Å². The number of aliphatic hydroxyl groups excluding tert-OH is 1. The van der Waals surface area contributed by atoms with E-state index in [1.54, 1.807) is 0 Å². The van der Waals surface area contributed by atoms with E-state index in [2.05, 4.69) is 10.6 Å². The lowest BCUT2D eigenvalue weighted by Crippen LogP contribution is -2.27. The summed E-state index contributed by atoms with van der Waals surface area (Å²) in [7, 11) is 0. The largest absolute Gasteiger partial charge is 0.491 e. The number of para-hydroxylation sites is 3. The van der Waals surface area contributed by atoms with Crippen molar-refractivity contribution in [2.45, 2.75) is 45.8 Å². The summed E-state index contributed by atoms with van der Waals surface area (Å²) >= 11 is 0. The van der Waals surface area contributed by atoms with Crippen molar-refractivity contribution in [3.63, 3.8) is 0 Å². The van der Waals surface area contributed by atoms with Crippen LogP contribution in [0.3, 0.4) is 0 Å². The number of ether oxygens (including phenoxy) is 1. The lowest BCUT2D eigenvalue weighted by Gasteiger charge is -2.20. The third-order valence-electron chi connectivity index (χ3n) is 6.61. The zero-order valence-electron chi connectivity index (χ0n) is 20.4. The first-order chi connectivity index (χ1) is 16.9. The molecule has 5 rings (SSSR count). The number of hydrogen-bond acceptors (Lipinski definition) is 4. The molecule has 1 aliphatic rings. The monoisotopic (exact) mass is 469 g/mol. The zero-order valence-corrected chi connectivity index (χ0v) is 20.4. The fraction of sp³-hybridized carbons (Fsp3) is 0.310. The average molecular weight is 470 g/mol. The third kappa shape index (κ3) is 4.80. The number of fused-ring (bicyclic) bond motifs is 1. The van der Waals surface area contributed by atoms with E-state index in [1.165, 1.54) is 0 Å². The van der Waals surface area contributed by atoms with Crippen LogP contribution < -0.4 is 9.64 Å². The molecule has 4 aromatic rings. The molecule has 0 saturated carbocycles. The molecule has 0 radical (unpaired) electrons. The van der Waals surface area contributed by atoms with Crippen molar-refractivity contribution in [2.75, 3.05) is 18.1 Å². The number of benzene rings is 3. The number of aryl methyl sites for hydroxylation is 3. The Bertz CT molecular complexity index is 1360. The normalized spacial score (nSPS) is 16.7. The molecule has 3 aromatic carbocycles. The molecule has 35 heavy (non-hydrogen) atoms. The molecule has 1 amide bonds. The zero-order chi connectivity index (χ0) is 24.5. The first kappa shape index (κ1) is 23.1. The van der Waals surface area contributed by atoms with E-state index in [1.807, 2.05) is 86.3 Å². The van der Waals surface area contributed by atoms with E-state index in [9.17, 15) is 9.90 Å². The molecule has 2 heterocycles. The molecule has 0 unspecified atom stereocenters. The summed E-state index contributed by atoms with van der Waals surface area (Å²) < 4.78 is 7.97. The van der Waals surface area contributed by atoms with Crippen molar-refractivity contribution < 1.29 is 14.6 Å². The Morgan fingerprint density at radius 2 is 1.74 bits per heavy atom. The van der Waals surface area contributed by atoms with Crippen LogP contribution >= 0.6 is 0 Å². The lowest BCUT2D eigenvalue weighted by atomic mass is 10.1. The number of nitrogens with zero attached hydrogens (tertiary/aromatic N) is 3. The van der Waals surface area contributed by atoms with Crippen molar-refractivity contribution in [3.8, 4) is 5.75 Å². The van der Waals surface area contributed by atoms with Crippen LogP contribution in [0.4, 0.5) is 5.69 Å². The van der Waals surface area contributed by atoms with E-state index in [0.29, 0.717) is 19.5 Å². The highest BCUT2D eigenvalue weighted by Crippen LogP contribution is 2.34. The second kappa shape index (κ2) is 9.55. The molecular weight excluding hydrogens is 438 g/mol. The number of imidazole rings is 1. The molecule has 6 nitrogen and oxygen atoms in total. The number of carbonyl (C=O) groups excluding carboxylic acids is 1. The van der Waals surface area contributed by atoms with Gasteiger partial charge in [-0.3, -0.25) is 4.79 Å². The third-order valence-corrected chi connectivity index (χ3v) is 6.61. The van der Waals surface area contributed by atoms with Crippen molar-refractivity contribution >= 4 is 22.6 Å². The number of carbonyl (C=O) groups is 1. The molecule has 0 bridgehead atoms. The molecule has 1 saturated heterocycles. The molecule has 1 aromatic heterocycles. The van der Waals surface area contributed by atoms with Gasteiger partial charge in [-0.15, -0.1) is 0 Å². The molecular formula is C29H31N3O3. The fourth-order valence-electron chi connectivity index (χ4n) is 5.05. The van der Waals surface area contributed by atoms with Crippen LogP contribution in [0, 0.1) is 20.8 Å². The Hall–Kier alpha value is -3.64. The molecule has 1 aliphatic heterocycles. The number of hydrogen-bond donors (Lipinski definition) is 1. The summed E-state index contributed by atoms with van der Waals surface area (Å²) in [5.41, 5.74) is 6.10. The minimum Gasteiger partial charge on any atom is -0.491 e. The fourth-order valence-corrected chi connectivity index (χ4v) is 5.05. The Morgan fingerprint density at radius 3 is 2.51 bits per heavy atom.